The van der Waals surface area contributed by atoms with E-state index in [0.717, 1.165) is 25.9 Å². The molecule has 2 amide bonds. The second-order valence-corrected chi connectivity index (χ2v) is 7.03. The van der Waals surface area contributed by atoms with Crippen molar-refractivity contribution in [3.8, 4) is 0 Å². The van der Waals surface area contributed by atoms with Crippen LogP contribution in [0.3, 0.4) is 0 Å². The lowest BCUT2D eigenvalue weighted by atomic mass is 9.86. The first-order valence-corrected chi connectivity index (χ1v) is 8.07. The van der Waals surface area contributed by atoms with Crippen LogP contribution in [-0.2, 0) is 4.79 Å². The molecule has 0 aliphatic heterocycles. The van der Waals surface area contributed by atoms with Gasteiger partial charge in [-0.05, 0) is 37.5 Å². The van der Waals surface area contributed by atoms with Crippen LogP contribution in [0.4, 0.5) is 4.79 Å². The highest BCUT2D eigenvalue weighted by Crippen LogP contribution is 2.24. The Labute approximate surface area is 128 Å². The molecule has 0 aromatic carbocycles. The molecule has 0 aromatic heterocycles. The number of hydrogen-bond acceptors (Lipinski definition) is 2. The standard InChI is InChI=1S/C16H30N2O3/c1-11(2)9-18(10-12(3)4)16(21)17-14-7-5-13(6-8-14)15(19)20/h11-14H,5-10H2,1-4H3,(H,17,21)(H,19,20). The lowest BCUT2D eigenvalue weighted by Crippen LogP contribution is -2.48. The van der Waals surface area contributed by atoms with E-state index in [-0.39, 0.29) is 18.0 Å². The van der Waals surface area contributed by atoms with Crippen LogP contribution in [0.25, 0.3) is 0 Å². The van der Waals surface area contributed by atoms with Crippen molar-refractivity contribution in [2.75, 3.05) is 13.1 Å². The van der Waals surface area contributed by atoms with E-state index in [1.54, 1.807) is 0 Å². The van der Waals surface area contributed by atoms with E-state index < -0.39 is 5.97 Å². The highest BCUT2D eigenvalue weighted by Gasteiger charge is 2.28. The lowest BCUT2D eigenvalue weighted by Gasteiger charge is -2.31. The molecular formula is C16H30N2O3. The molecule has 0 radical (unpaired) electrons. The summed E-state index contributed by atoms with van der Waals surface area (Å²) in [7, 11) is 0. The third-order valence-corrected chi connectivity index (χ3v) is 3.86. The minimum absolute atomic E-state index is 0.00354. The zero-order chi connectivity index (χ0) is 16.0. The number of nitrogens with one attached hydrogen (secondary N) is 1. The fourth-order valence-electron chi connectivity index (χ4n) is 2.87. The molecule has 0 bridgehead atoms. The summed E-state index contributed by atoms with van der Waals surface area (Å²) in [5, 5.41) is 12.1. The van der Waals surface area contributed by atoms with Crippen LogP contribution >= 0.6 is 0 Å². The minimum Gasteiger partial charge on any atom is -0.481 e. The van der Waals surface area contributed by atoms with Crippen LogP contribution in [0.15, 0.2) is 0 Å². The minimum atomic E-state index is -0.707. The van der Waals surface area contributed by atoms with Crippen LogP contribution < -0.4 is 5.32 Å². The topological polar surface area (TPSA) is 69.6 Å². The molecular weight excluding hydrogens is 268 g/mol. The summed E-state index contributed by atoms with van der Waals surface area (Å²) >= 11 is 0. The van der Waals surface area contributed by atoms with Gasteiger partial charge in [0.15, 0.2) is 0 Å². The number of hydrogen-bond donors (Lipinski definition) is 2. The van der Waals surface area contributed by atoms with Gasteiger partial charge >= 0.3 is 12.0 Å². The monoisotopic (exact) mass is 298 g/mol. The first-order chi connectivity index (χ1) is 9.79. The number of aliphatic carboxylic acids is 1. The molecule has 5 heteroatoms. The molecule has 0 heterocycles. The van der Waals surface area contributed by atoms with Gasteiger partial charge in [0.1, 0.15) is 0 Å². The first kappa shape index (κ1) is 17.8. The molecule has 5 nitrogen and oxygen atoms in total. The Morgan fingerprint density at radius 2 is 1.52 bits per heavy atom. The summed E-state index contributed by atoms with van der Waals surface area (Å²) in [6.07, 6.45) is 2.85. The van der Waals surface area contributed by atoms with Crippen molar-refractivity contribution in [2.45, 2.75) is 59.4 Å². The van der Waals surface area contributed by atoms with Crippen molar-refractivity contribution in [3.63, 3.8) is 0 Å². The van der Waals surface area contributed by atoms with E-state index >= 15 is 0 Å². The average Bonchev–Trinajstić information content (AvgIpc) is 2.37. The highest BCUT2D eigenvalue weighted by molar-refractivity contribution is 5.74. The van der Waals surface area contributed by atoms with Crippen LogP contribution in [0, 0.1) is 17.8 Å². The molecule has 122 valence electrons. The smallest absolute Gasteiger partial charge is 0.317 e. The van der Waals surface area contributed by atoms with Gasteiger partial charge in [-0.25, -0.2) is 4.79 Å². The fraction of sp³-hybridized carbons (Fsp3) is 0.875. The predicted octanol–water partition coefficient (Wildman–Crippen LogP) is 2.95. The van der Waals surface area contributed by atoms with Crippen LogP contribution in [0.1, 0.15) is 53.4 Å². The number of carbonyl (C=O) groups excluding carboxylic acids is 1. The Morgan fingerprint density at radius 3 is 1.90 bits per heavy atom. The molecule has 1 aliphatic rings. The summed E-state index contributed by atoms with van der Waals surface area (Å²) < 4.78 is 0. The van der Waals surface area contributed by atoms with Gasteiger partial charge in [-0.1, -0.05) is 27.7 Å². The highest BCUT2D eigenvalue weighted by atomic mass is 16.4. The van der Waals surface area contributed by atoms with Gasteiger partial charge in [-0.3, -0.25) is 4.79 Å². The largest absolute Gasteiger partial charge is 0.481 e. The van der Waals surface area contributed by atoms with E-state index in [9.17, 15) is 9.59 Å². The zero-order valence-electron chi connectivity index (χ0n) is 13.8. The van der Waals surface area contributed by atoms with Gasteiger partial charge in [0, 0.05) is 19.1 Å². The third-order valence-electron chi connectivity index (χ3n) is 3.86. The second-order valence-electron chi connectivity index (χ2n) is 7.03. The predicted molar refractivity (Wildman–Crippen MR) is 83.2 cm³/mol. The quantitative estimate of drug-likeness (QED) is 0.792. The lowest BCUT2D eigenvalue weighted by molar-refractivity contribution is -0.142. The van der Waals surface area contributed by atoms with Gasteiger partial charge < -0.3 is 15.3 Å². The van der Waals surface area contributed by atoms with E-state index in [1.165, 1.54) is 0 Å². The van der Waals surface area contributed by atoms with Gasteiger partial charge in [0.2, 0.25) is 0 Å². The van der Waals surface area contributed by atoms with Crippen molar-refractivity contribution >= 4 is 12.0 Å². The van der Waals surface area contributed by atoms with E-state index in [4.69, 9.17) is 5.11 Å². The molecule has 0 saturated heterocycles. The molecule has 0 aromatic rings. The number of amides is 2. The summed E-state index contributed by atoms with van der Waals surface area (Å²) in [6.45, 7) is 9.96. The first-order valence-electron chi connectivity index (χ1n) is 8.07. The van der Waals surface area contributed by atoms with Crippen molar-refractivity contribution < 1.29 is 14.7 Å². The number of carboxylic acids is 1. The summed E-state index contributed by atoms with van der Waals surface area (Å²) in [5.41, 5.74) is 0. The van der Waals surface area contributed by atoms with E-state index in [0.29, 0.717) is 24.7 Å². The van der Waals surface area contributed by atoms with Crippen molar-refractivity contribution in [2.24, 2.45) is 17.8 Å². The number of nitrogens with zero attached hydrogens (tertiary/aromatic N) is 1. The number of carbonyl (C=O) groups is 2. The zero-order valence-corrected chi connectivity index (χ0v) is 13.8. The molecule has 1 aliphatic carbocycles. The Bertz CT molecular complexity index is 337. The molecule has 0 atom stereocenters. The molecule has 1 saturated carbocycles. The SMILES string of the molecule is CC(C)CN(CC(C)C)C(=O)NC1CCC(C(=O)O)CC1. The molecule has 2 N–H and O–H groups in total. The molecule has 1 fully saturated rings. The van der Waals surface area contributed by atoms with Gasteiger partial charge in [0.05, 0.1) is 5.92 Å². The summed E-state index contributed by atoms with van der Waals surface area (Å²) in [5.74, 6) is -0.0592. The van der Waals surface area contributed by atoms with E-state index in [1.807, 2.05) is 4.90 Å². The molecule has 0 unspecified atom stereocenters. The molecule has 1 rings (SSSR count). The van der Waals surface area contributed by atoms with Gasteiger partial charge in [-0.15, -0.1) is 0 Å². The third kappa shape index (κ3) is 6.36. The van der Waals surface area contributed by atoms with Gasteiger partial charge in [-0.2, -0.15) is 0 Å². The van der Waals surface area contributed by atoms with Crippen LogP contribution in [0.5, 0.6) is 0 Å². The van der Waals surface area contributed by atoms with E-state index in [2.05, 4.69) is 33.0 Å². The average molecular weight is 298 g/mol. The molecule has 21 heavy (non-hydrogen) atoms. The maximum Gasteiger partial charge on any atom is 0.317 e. The Kier molecular flexibility index (Phi) is 6.99. The number of rotatable bonds is 6. The molecule has 0 spiro atoms. The van der Waals surface area contributed by atoms with Crippen molar-refractivity contribution in [1.29, 1.82) is 0 Å². The number of carboxylic acid groups (broad SMARTS) is 1. The fourth-order valence-corrected chi connectivity index (χ4v) is 2.87. The van der Waals surface area contributed by atoms with Crippen molar-refractivity contribution in [1.82, 2.24) is 10.2 Å². The Balaban J connectivity index is 2.48. The van der Waals surface area contributed by atoms with Crippen molar-refractivity contribution in [3.05, 3.63) is 0 Å². The Morgan fingerprint density at radius 1 is 1.05 bits per heavy atom. The maximum atomic E-state index is 12.4. The van der Waals surface area contributed by atoms with Gasteiger partial charge in [0.25, 0.3) is 0 Å². The normalized spacial score (nSPS) is 22.4. The second kappa shape index (κ2) is 8.25. The number of urea groups is 1. The maximum absolute atomic E-state index is 12.4. The summed E-state index contributed by atoms with van der Waals surface area (Å²) in [6, 6.07) is 0.117. The summed E-state index contributed by atoms with van der Waals surface area (Å²) in [4.78, 5) is 25.2. The Hall–Kier alpha value is -1.26. The van der Waals surface area contributed by atoms with Crippen LogP contribution in [-0.4, -0.2) is 41.1 Å². The van der Waals surface area contributed by atoms with Crippen LogP contribution in [0.2, 0.25) is 0 Å².